The van der Waals surface area contributed by atoms with E-state index in [4.69, 9.17) is 9.47 Å². The average Bonchev–Trinajstić information content (AvgIpc) is 2.74. The quantitative estimate of drug-likeness (QED) is 0.552. The van der Waals surface area contributed by atoms with Crippen LogP contribution in [-0.4, -0.2) is 20.3 Å². The van der Waals surface area contributed by atoms with Crippen molar-refractivity contribution in [3.63, 3.8) is 0 Å². The van der Waals surface area contributed by atoms with E-state index in [9.17, 15) is 18.4 Å². The maximum Gasteiger partial charge on any atom is 0.416 e. The number of ether oxygens (including phenoxy) is 2. The van der Waals surface area contributed by atoms with Crippen molar-refractivity contribution in [1.82, 2.24) is 0 Å². The van der Waals surface area contributed by atoms with Gasteiger partial charge in [0.1, 0.15) is 0 Å². The van der Waals surface area contributed by atoms with Gasteiger partial charge in [-0.3, -0.25) is 0 Å². The van der Waals surface area contributed by atoms with Crippen molar-refractivity contribution in [2.75, 3.05) is 20.3 Å². The van der Waals surface area contributed by atoms with Gasteiger partial charge >= 0.3 is 6.18 Å². The predicted octanol–water partition coefficient (Wildman–Crippen LogP) is 6.31. The first-order chi connectivity index (χ1) is 14.1. The number of benzene rings is 2. The standard InChI is InChI=1S/C23H24F3NO2S/c1-21(2,15-27)16-4-6-19(7-5-16)30-20-13-17(12-18(14-20)23(24,25)26)22(28-3)8-10-29-11-9-22/h4-7,12-14H,8-11H2,1-3H3. The average molecular weight is 436 g/mol. The van der Waals surface area contributed by atoms with E-state index < -0.39 is 22.8 Å². The molecule has 0 aliphatic carbocycles. The lowest BCUT2D eigenvalue weighted by Gasteiger charge is -2.37. The first-order valence-corrected chi connectivity index (χ1v) is 10.5. The highest BCUT2D eigenvalue weighted by Gasteiger charge is 2.38. The van der Waals surface area contributed by atoms with Crippen LogP contribution >= 0.6 is 11.8 Å². The van der Waals surface area contributed by atoms with Crippen LogP contribution in [0.1, 0.15) is 43.4 Å². The van der Waals surface area contributed by atoms with Crippen LogP contribution in [0.25, 0.3) is 0 Å². The molecule has 0 radical (unpaired) electrons. The molecular formula is C23H24F3NO2S. The first kappa shape index (κ1) is 22.7. The second-order valence-corrected chi connectivity index (χ2v) is 9.06. The minimum absolute atomic E-state index is 0.447. The Hall–Kier alpha value is -2.01. The highest BCUT2D eigenvalue weighted by atomic mass is 32.2. The summed E-state index contributed by atoms with van der Waals surface area (Å²) in [5.41, 5.74) is -0.712. The lowest BCUT2D eigenvalue weighted by atomic mass is 9.85. The Labute approximate surface area is 179 Å². The molecule has 0 bridgehead atoms. The third-order valence-electron chi connectivity index (χ3n) is 5.54. The van der Waals surface area contributed by atoms with Gasteiger partial charge < -0.3 is 9.47 Å². The van der Waals surface area contributed by atoms with Crippen LogP contribution in [0.15, 0.2) is 52.3 Å². The fraction of sp³-hybridized carbons (Fsp3) is 0.435. The van der Waals surface area contributed by atoms with Gasteiger partial charge in [-0.25, -0.2) is 0 Å². The van der Waals surface area contributed by atoms with Crippen LogP contribution in [0.4, 0.5) is 13.2 Å². The third-order valence-corrected chi connectivity index (χ3v) is 6.52. The van der Waals surface area contributed by atoms with Crippen molar-refractivity contribution in [1.29, 1.82) is 5.26 Å². The number of nitriles is 1. The van der Waals surface area contributed by atoms with Crippen molar-refractivity contribution < 1.29 is 22.6 Å². The summed E-state index contributed by atoms with van der Waals surface area (Å²) in [5, 5.41) is 9.28. The monoisotopic (exact) mass is 435 g/mol. The molecule has 3 nitrogen and oxygen atoms in total. The third kappa shape index (κ3) is 4.83. The van der Waals surface area contributed by atoms with Gasteiger partial charge in [-0.05, 0) is 55.3 Å². The first-order valence-electron chi connectivity index (χ1n) is 9.65. The zero-order chi connectivity index (χ0) is 22.0. The SMILES string of the molecule is COC1(c2cc(Sc3ccc(C(C)(C)C#N)cc3)cc(C(F)(F)F)c2)CCOCC1. The van der Waals surface area contributed by atoms with Gasteiger partial charge in [-0.2, -0.15) is 18.4 Å². The summed E-state index contributed by atoms with van der Waals surface area (Å²) >= 11 is 1.26. The van der Waals surface area contributed by atoms with E-state index in [1.165, 1.54) is 31.0 Å². The molecule has 1 heterocycles. The Morgan fingerprint density at radius 2 is 1.63 bits per heavy atom. The molecule has 0 N–H and O–H groups in total. The van der Waals surface area contributed by atoms with E-state index in [2.05, 4.69) is 6.07 Å². The molecule has 2 aromatic carbocycles. The highest BCUT2D eigenvalue weighted by Crippen LogP contribution is 2.42. The maximum absolute atomic E-state index is 13.6. The Morgan fingerprint density at radius 3 is 2.17 bits per heavy atom. The number of halogens is 3. The Balaban J connectivity index is 1.97. The zero-order valence-electron chi connectivity index (χ0n) is 17.2. The summed E-state index contributed by atoms with van der Waals surface area (Å²) in [4.78, 5) is 1.30. The topological polar surface area (TPSA) is 42.2 Å². The Morgan fingerprint density at radius 1 is 1.00 bits per heavy atom. The van der Waals surface area contributed by atoms with Crippen molar-refractivity contribution in [2.24, 2.45) is 0 Å². The number of nitrogens with zero attached hydrogens (tertiary/aromatic N) is 1. The molecule has 1 fully saturated rings. The summed E-state index contributed by atoms with van der Waals surface area (Å²) < 4.78 is 51.9. The molecule has 1 aliphatic heterocycles. The maximum atomic E-state index is 13.6. The zero-order valence-corrected chi connectivity index (χ0v) is 18.0. The summed E-state index contributed by atoms with van der Waals surface area (Å²) in [5.74, 6) is 0. The summed E-state index contributed by atoms with van der Waals surface area (Å²) in [6.07, 6.45) is -3.44. The van der Waals surface area contributed by atoms with Crippen molar-refractivity contribution in [3.05, 3.63) is 59.2 Å². The number of rotatable bonds is 5. The number of methoxy groups -OCH3 is 1. The van der Waals surface area contributed by atoms with Gasteiger partial charge in [0.25, 0.3) is 0 Å². The van der Waals surface area contributed by atoms with E-state index >= 15 is 0 Å². The molecule has 30 heavy (non-hydrogen) atoms. The molecule has 7 heteroatoms. The van der Waals surface area contributed by atoms with Gasteiger partial charge in [0.2, 0.25) is 0 Å². The smallest absolute Gasteiger partial charge is 0.381 e. The summed E-state index contributed by atoms with van der Waals surface area (Å²) in [6.45, 7) is 4.55. The van der Waals surface area contributed by atoms with E-state index in [1.54, 1.807) is 6.07 Å². The molecule has 1 aliphatic rings. The van der Waals surface area contributed by atoms with Crippen molar-refractivity contribution in [2.45, 2.75) is 53.7 Å². The number of hydrogen-bond donors (Lipinski definition) is 0. The van der Waals surface area contributed by atoms with Gasteiger partial charge in [-0.1, -0.05) is 23.9 Å². The van der Waals surface area contributed by atoms with Crippen molar-refractivity contribution in [3.8, 4) is 6.07 Å². The predicted molar refractivity (Wildman–Crippen MR) is 109 cm³/mol. The lowest BCUT2D eigenvalue weighted by molar-refractivity contribution is -0.138. The number of hydrogen-bond acceptors (Lipinski definition) is 4. The number of alkyl halides is 3. The van der Waals surface area contributed by atoms with E-state index in [1.807, 2.05) is 38.1 Å². The van der Waals surface area contributed by atoms with Crippen LogP contribution in [0.3, 0.4) is 0 Å². The van der Waals surface area contributed by atoms with Gasteiger partial charge in [0, 0.05) is 43.0 Å². The Kier molecular flexibility index (Phi) is 6.51. The molecule has 0 amide bonds. The minimum Gasteiger partial charge on any atom is -0.381 e. The van der Waals surface area contributed by atoms with E-state index in [0.717, 1.165) is 10.5 Å². The van der Waals surface area contributed by atoms with Crippen LogP contribution in [0.2, 0.25) is 0 Å². The highest BCUT2D eigenvalue weighted by molar-refractivity contribution is 7.99. The fourth-order valence-corrected chi connectivity index (χ4v) is 4.45. The van der Waals surface area contributed by atoms with Crippen LogP contribution in [0, 0.1) is 11.3 Å². The molecular weight excluding hydrogens is 411 g/mol. The molecule has 2 aromatic rings. The summed E-state index contributed by atoms with van der Waals surface area (Å²) in [6, 6.07) is 13.7. The van der Waals surface area contributed by atoms with Gasteiger partial charge in [-0.15, -0.1) is 0 Å². The molecule has 0 spiro atoms. The molecule has 0 saturated carbocycles. The van der Waals surface area contributed by atoms with E-state index in [0.29, 0.717) is 36.5 Å². The largest absolute Gasteiger partial charge is 0.416 e. The molecule has 0 aromatic heterocycles. The second-order valence-electron chi connectivity index (χ2n) is 7.92. The molecule has 1 saturated heterocycles. The molecule has 0 atom stereocenters. The van der Waals surface area contributed by atoms with Crippen molar-refractivity contribution >= 4 is 11.8 Å². The lowest BCUT2D eigenvalue weighted by Crippen LogP contribution is -2.35. The van der Waals surface area contributed by atoms with Crippen LogP contribution in [-0.2, 0) is 26.7 Å². The van der Waals surface area contributed by atoms with Gasteiger partial charge in [0.15, 0.2) is 0 Å². The minimum atomic E-state index is -4.45. The fourth-order valence-electron chi connectivity index (χ4n) is 3.54. The van der Waals surface area contributed by atoms with Gasteiger partial charge in [0.05, 0.1) is 22.6 Å². The summed E-state index contributed by atoms with van der Waals surface area (Å²) in [7, 11) is 1.54. The Bertz CT molecular complexity index is 927. The normalized spacial score (nSPS) is 16.8. The molecule has 0 unspecified atom stereocenters. The molecule has 3 rings (SSSR count). The van der Waals surface area contributed by atoms with Crippen LogP contribution < -0.4 is 0 Å². The molecule has 160 valence electrons. The van der Waals surface area contributed by atoms with Crippen LogP contribution in [0.5, 0.6) is 0 Å². The van der Waals surface area contributed by atoms with E-state index in [-0.39, 0.29) is 0 Å². The second kappa shape index (κ2) is 8.62.